The molecule has 2 heterocycles. The van der Waals surface area contributed by atoms with Crippen LogP contribution in [0.4, 0.5) is 5.69 Å². The molecule has 3 N–H and O–H groups in total. The van der Waals surface area contributed by atoms with Gasteiger partial charge in [0.15, 0.2) is 0 Å². The second kappa shape index (κ2) is 5.92. The van der Waals surface area contributed by atoms with E-state index in [4.69, 9.17) is 5.11 Å². The molecule has 0 saturated carbocycles. The van der Waals surface area contributed by atoms with Crippen LogP contribution in [0.25, 0.3) is 11.6 Å². The van der Waals surface area contributed by atoms with Gasteiger partial charge in [-0.3, -0.25) is 9.59 Å². The highest BCUT2D eigenvalue weighted by molar-refractivity contribution is 6.35. The van der Waals surface area contributed by atoms with Crippen LogP contribution in [0.1, 0.15) is 53.3 Å². The van der Waals surface area contributed by atoms with Gasteiger partial charge in [-0.05, 0) is 61.4 Å². The van der Waals surface area contributed by atoms with Crippen LogP contribution in [-0.4, -0.2) is 22.0 Å². The summed E-state index contributed by atoms with van der Waals surface area (Å²) in [4.78, 5) is 26.9. The van der Waals surface area contributed by atoms with Crippen LogP contribution < -0.4 is 5.32 Å². The molecule has 0 spiro atoms. The van der Waals surface area contributed by atoms with Crippen LogP contribution in [0.5, 0.6) is 0 Å². The number of benzene rings is 1. The van der Waals surface area contributed by atoms with Gasteiger partial charge in [-0.15, -0.1) is 0 Å². The van der Waals surface area contributed by atoms with Crippen LogP contribution in [0.15, 0.2) is 24.3 Å². The molecule has 0 saturated heterocycles. The van der Waals surface area contributed by atoms with Crippen LogP contribution >= 0.6 is 0 Å². The number of carbonyl (C=O) groups excluding carboxylic acids is 1. The molecule has 0 bridgehead atoms. The summed E-state index contributed by atoms with van der Waals surface area (Å²) in [6.45, 7) is 2.00. The first-order valence-electron chi connectivity index (χ1n) is 8.59. The van der Waals surface area contributed by atoms with E-state index in [-0.39, 0.29) is 18.2 Å². The number of aliphatic carboxylic acids is 1. The maximum absolute atomic E-state index is 12.4. The predicted octanol–water partition coefficient (Wildman–Crippen LogP) is 3.71. The van der Waals surface area contributed by atoms with Crippen molar-refractivity contribution in [2.45, 2.75) is 38.5 Å². The third-order valence-electron chi connectivity index (χ3n) is 5.13. The summed E-state index contributed by atoms with van der Waals surface area (Å²) in [5.74, 6) is -0.811. The predicted molar refractivity (Wildman–Crippen MR) is 96.4 cm³/mol. The zero-order valence-electron chi connectivity index (χ0n) is 14.1. The number of fused-ring (bicyclic) bond motifs is 2. The number of aromatic nitrogens is 1. The molecule has 1 aliphatic carbocycles. The lowest BCUT2D eigenvalue weighted by Gasteiger charge is -2.20. The maximum Gasteiger partial charge on any atom is 0.303 e. The van der Waals surface area contributed by atoms with Gasteiger partial charge in [0.2, 0.25) is 0 Å². The number of amides is 1. The van der Waals surface area contributed by atoms with Crippen molar-refractivity contribution in [1.29, 1.82) is 0 Å². The molecule has 0 radical (unpaired) electrons. The van der Waals surface area contributed by atoms with Crippen molar-refractivity contribution in [2.24, 2.45) is 0 Å². The molecule has 1 atom stereocenters. The van der Waals surface area contributed by atoms with Crippen molar-refractivity contribution < 1.29 is 14.7 Å². The number of aromatic amines is 1. The molecule has 128 valence electrons. The fourth-order valence-electron chi connectivity index (χ4n) is 4.02. The van der Waals surface area contributed by atoms with Gasteiger partial charge in [-0.1, -0.05) is 12.1 Å². The number of carbonyl (C=O) groups is 2. The monoisotopic (exact) mass is 336 g/mol. The Morgan fingerprint density at radius 2 is 2.24 bits per heavy atom. The number of aryl methyl sites for hydroxylation is 2. The number of hydrogen-bond donors (Lipinski definition) is 3. The Labute approximate surface area is 145 Å². The first kappa shape index (κ1) is 15.7. The third-order valence-corrected chi connectivity index (χ3v) is 5.13. The second-order valence-electron chi connectivity index (χ2n) is 6.86. The summed E-state index contributed by atoms with van der Waals surface area (Å²) >= 11 is 0. The maximum atomic E-state index is 12.4. The van der Waals surface area contributed by atoms with Gasteiger partial charge in [0, 0.05) is 22.6 Å². The van der Waals surface area contributed by atoms with E-state index in [1.54, 1.807) is 0 Å². The molecular weight excluding hydrogens is 316 g/mol. The highest BCUT2D eigenvalue weighted by atomic mass is 16.4. The van der Waals surface area contributed by atoms with Gasteiger partial charge in [0.05, 0.1) is 12.0 Å². The van der Waals surface area contributed by atoms with E-state index in [2.05, 4.69) is 10.3 Å². The number of carboxylic acid groups (broad SMARTS) is 1. The Morgan fingerprint density at radius 1 is 1.40 bits per heavy atom. The van der Waals surface area contributed by atoms with Crippen LogP contribution in [-0.2, 0) is 16.0 Å². The summed E-state index contributed by atoms with van der Waals surface area (Å²) in [6.07, 6.45) is 4.85. The normalized spacial score (nSPS) is 20.3. The van der Waals surface area contributed by atoms with E-state index in [0.717, 1.165) is 53.0 Å². The van der Waals surface area contributed by atoms with Crippen LogP contribution in [0.2, 0.25) is 0 Å². The first-order valence-corrected chi connectivity index (χ1v) is 8.59. The molecule has 1 aromatic heterocycles. The lowest BCUT2D eigenvalue weighted by atomic mass is 9.85. The Balaban J connectivity index is 1.73. The molecule has 1 aliphatic heterocycles. The minimum absolute atomic E-state index is 0.0519. The Morgan fingerprint density at radius 3 is 3.04 bits per heavy atom. The Kier molecular flexibility index (Phi) is 3.71. The molecule has 25 heavy (non-hydrogen) atoms. The number of nitrogens with one attached hydrogen (secondary N) is 2. The smallest absolute Gasteiger partial charge is 0.303 e. The summed E-state index contributed by atoms with van der Waals surface area (Å²) < 4.78 is 0. The minimum Gasteiger partial charge on any atom is -0.481 e. The molecule has 2 aromatic rings. The highest BCUT2D eigenvalue weighted by Crippen LogP contribution is 2.38. The fourth-order valence-corrected chi connectivity index (χ4v) is 4.02. The molecule has 5 heteroatoms. The van der Waals surface area contributed by atoms with E-state index >= 15 is 0 Å². The Hall–Kier alpha value is -2.82. The van der Waals surface area contributed by atoms with Crippen molar-refractivity contribution >= 4 is 29.2 Å². The van der Waals surface area contributed by atoms with Gasteiger partial charge in [-0.2, -0.15) is 0 Å². The van der Waals surface area contributed by atoms with Gasteiger partial charge in [-0.25, -0.2) is 0 Å². The second-order valence-corrected chi connectivity index (χ2v) is 6.86. The number of rotatable bonds is 3. The Bertz CT molecular complexity index is 908. The summed E-state index contributed by atoms with van der Waals surface area (Å²) in [5, 5.41) is 12.0. The van der Waals surface area contributed by atoms with Gasteiger partial charge in [0.1, 0.15) is 0 Å². The quantitative estimate of drug-likeness (QED) is 0.747. The molecule has 4 rings (SSSR count). The summed E-state index contributed by atoms with van der Waals surface area (Å²) in [5.41, 5.74) is 6.56. The molecule has 0 fully saturated rings. The van der Waals surface area contributed by atoms with Crippen molar-refractivity contribution in [1.82, 2.24) is 4.98 Å². The molecular formula is C20H20N2O3. The van der Waals surface area contributed by atoms with E-state index < -0.39 is 5.97 Å². The van der Waals surface area contributed by atoms with E-state index in [9.17, 15) is 9.59 Å². The lowest BCUT2D eigenvalue weighted by Crippen LogP contribution is -2.12. The minimum atomic E-state index is -0.765. The third kappa shape index (κ3) is 2.76. The highest BCUT2D eigenvalue weighted by Gasteiger charge is 2.27. The standard InChI is InChI=1S/C20H20N2O3/c1-11-4-2-7-17-19(11)15(20(25)22-17)10-13-9-14-12(8-18(23)24)5-3-6-16(14)21-13/h2,4,7,9-10,12,21H,3,5-6,8H2,1H3,(H,22,25)(H,23,24). The SMILES string of the molecule is Cc1cccc2c1C(=Cc1cc3c([nH]1)CCCC3CC(=O)O)C(=O)N2. The summed E-state index contributed by atoms with van der Waals surface area (Å²) in [7, 11) is 0. The zero-order valence-corrected chi connectivity index (χ0v) is 14.1. The zero-order chi connectivity index (χ0) is 17.6. The lowest BCUT2D eigenvalue weighted by molar-refractivity contribution is -0.137. The van der Waals surface area contributed by atoms with Crippen molar-refractivity contribution in [2.75, 3.05) is 5.32 Å². The molecule has 1 unspecified atom stereocenters. The van der Waals surface area contributed by atoms with Crippen molar-refractivity contribution in [3.63, 3.8) is 0 Å². The van der Waals surface area contributed by atoms with E-state index in [1.165, 1.54) is 0 Å². The van der Waals surface area contributed by atoms with Gasteiger partial charge < -0.3 is 15.4 Å². The van der Waals surface area contributed by atoms with Crippen LogP contribution in [0, 0.1) is 6.92 Å². The number of anilines is 1. The topological polar surface area (TPSA) is 82.2 Å². The van der Waals surface area contributed by atoms with Crippen LogP contribution in [0.3, 0.4) is 0 Å². The van der Waals surface area contributed by atoms with Crippen molar-refractivity contribution in [3.05, 3.63) is 52.3 Å². The number of carboxylic acids is 1. The first-order chi connectivity index (χ1) is 12.0. The average Bonchev–Trinajstić information content (AvgIpc) is 3.10. The number of H-pyrrole nitrogens is 1. The van der Waals surface area contributed by atoms with Crippen molar-refractivity contribution in [3.8, 4) is 0 Å². The molecule has 2 aliphatic rings. The molecule has 5 nitrogen and oxygen atoms in total. The van der Waals surface area contributed by atoms with Gasteiger partial charge >= 0.3 is 5.97 Å². The molecule has 1 aromatic carbocycles. The molecule has 1 amide bonds. The average molecular weight is 336 g/mol. The van der Waals surface area contributed by atoms with E-state index in [1.807, 2.05) is 37.3 Å². The number of hydrogen-bond acceptors (Lipinski definition) is 2. The largest absolute Gasteiger partial charge is 0.481 e. The summed E-state index contributed by atoms with van der Waals surface area (Å²) in [6, 6.07) is 7.85. The van der Waals surface area contributed by atoms with Gasteiger partial charge in [0.25, 0.3) is 5.91 Å². The fraction of sp³-hybridized carbons (Fsp3) is 0.300. The van der Waals surface area contributed by atoms with E-state index in [0.29, 0.717) is 5.57 Å².